The summed E-state index contributed by atoms with van der Waals surface area (Å²) in [6.45, 7) is 15.8. The molecule has 0 heteroatoms. The zero-order chi connectivity index (χ0) is 13.5. The van der Waals surface area contributed by atoms with E-state index in [4.69, 9.17) is 0 Å². The van der Waals surface area contributed by atoms with E-state index in [0.717, 1.165) is 5.57 Å². The first-order chi connectivity index (χ1) is 8.16. The second kappa shape index (κ2) is 14.2. The van der Waals surface area contributed by atoms with Crippen molar-refractivity contribution >= 4 is 0 Å². The van der Waals surface area contributed by atoms with Crippen molar-refractivity contribution in [2.45, 2.75) is 20.8 Å². The molecule has 0 saturated heterocycles. The number of hydrogen-bond acceptors (Lipinski definition) is 0. The van der Waals surface area contributed by atoms with Gasteiger partial charge in [-0.3, -0.25) is 0 Å². The molecule has 0 aliphatic heterocycles. The van der Waals surface area contributed by atoms with Crippen LogP contribution in [0.4, 0.5) is 0 Å². The summed E-state index contributed by atoms with van der Waals surface area (Å²) in [6, 6.07) is 10.3. The molecule has 0 N–H and O–H groups in total. The van der Waals surface area contributed by atoms with Crippen LogP contribution in [0.3, 0.4) is 0 Å². The van der Waals surface area contributed by atoms with Crippen LogP contribution in [0.2, 0.25) is 0 Å². The van der Waals surface area contributed by atoms with Gasteiger partial charge in [-0.2, -0.15) is 0 Å². The van der Waals surface area contributed by atoms with Crippen LogP contribution in [0.1, 0.15) is 19.4 Å². The van der Waals surface area contributed by atoms with Crippen molar-refractivity contribution in [1.82, 2.24) is 0 Å². The van der Waals surface area contributed by atoms with Crippen molar-refractivity contribution in [2.24, 2.45) is 0 Å². The number of hydrogen-bond donors (Lipinski definition) is 0. The van der Waals surface area contributed by atoms with Gasteiger partial charge in [0.2, 0.25) is 0 Å². The third kappa shape index (κ3) is 16.8. The van der Waals surface area contributed by atoms with Crippen molar-refractivity contribution < 1.29 is 0 Å². The van der Waals surface area contributed by atoms with E-state index in [1.54, 1.807) is 0 Å². The molecular formula is C17H24. The molecule has 0 saturated carbocycles. The quantitative estimate of drug-likeness (QED) is 0.463. The van der Waals surface area contributed by atoms with Gasteiger partial charge in [-0.25, -0.2) is 0 Å². The maximum Gasteiger partial charge on any atom is -0.0398 e. The van der Waals surface area contributed by atoms with Crippen LogP contribution < -0.4 is 0 Å². The molecule has 0 aliphatic carbocycles. The van der Waals surface area contributed by atoms with Gasteiger partial charge in [0.25, 0.3) is 0 Å². The van der Waals surface area contributed by atoms with Gasteiger partial charge in [0.15, 0.2) is 0 Å². The van der Waals surface area contributed by atoms with Crippen molar-refractivity contribution in [3.63, 3.8) is 0 Å². The van der Waals surface area contributed by atoms with Gasteiger partial charge in [0.1, 0.15) is 0 Å². The van der Waals surface area contributed by atoms with Crippen LogP contribution in [0.5, 0.6) is 0 Å². The summed E-state index contributed by atoms with van der Waals surface area (Å²) < 4.78 is 0. The van der Waals surface area contributed by atoms with Crippen LogP contribution >= 0.6 is 0 Å². The molecule has 0 spiro atoms. The van der Waals surface area contributed by atoms with Gasteiger partial charge in [-0.05, 0) is 20.8 Å². The number of allylic oxidation sites excluding steroid dienone is 5. The Bertz CT molecular complexity index is 328. The number of benzene rings is 1. The second-order valence-electron chi connectivity index (χ2n) is 3.39. The Morgan fingerprint density at radius 1 is 1.06 bits per heavy atom. The van der Waals surface area contributed by atoms with E-state index in [1.165, 1.54) is 5.56 Å². The Labute approximate surface area is 107 Å². The summed E-state index contributed by atoms with van der Waals surface area (Å²) in [6.07, 6.45) is 7.91. The van der Waals surface area contributed by atoms with Gasteiger partial charge >= 0.3 is 0 Å². The first-order valence-electron chi connectivity index (χ1n) is 5.63. The van der Waals surface area contributed by atoms with Crippen LogP contribution in [0.25, 0.3) is 0 Å². The molecule has 0 fully saturated rings. The highest BCUT2D eigenvalue weighted by Gasteiger charge is 1.72. The lowest BCUT2D eigenvalue weighted by molar-refractivity contribution is 1.48. The van der Waals surface area contributed by atoms with Gasteiger partial charge in [-0.1, -0.05) is 72.4 Å². The van der Waals surface area contributed by atoms with Gasteiger partial charge < -0.3 is 0 Å². The molecule has 0 bridgehead atoms. The maximum atomic E-state index is 3.71. The third-order valence-corrected chi connectivity index (χ3v) is 1.62. The highest BCUT2D eigenvalue weighted by Crippen LogP contribution is 1.92. The van der Waals surface area contributed by atoms with Gasteiger partial charge in [0, 0.05) is 0 Å². The predicted molar refractivity (Wildman–Crippen MR) is 81.2 cm³/mol. The minimum atomic E-state index is 1.09. The zero-order valence-electron chi connectivity index (χ0n) is 11.3. The number of aryl methyl sites for hydroxylation is 1. The topological polar surface area (TPSA) is 0 Å². The zero-order valence-corrected chi connectivity index (χ0v) is 11.3. The molecule has 0 heterocycles. The Morgan fingerprint density at radius 3 is 1.88 bits per heavy atom. The normalized spacial score (nSPS) is 9.12. The molecule has 0 aliphatic rings. The van der Waals surface area contributed by atoms with E-state index in [9.17, 15) is 0 Å². The monoisotopic (exact) mass is 228 g/mol. The van der Waals surface area contributed by atoms with Gasteiger partial charge in [0.05, 0.1) is 0 Å². The Morgan fingerprint density at radius 2 is 1.59 bits per heavy atom. The van der Waals surface area contributed by atoms with Crippen molar-refractivity contribution in [1.29, 1.82) is 0 Å². The molecule has 92 valence electrons. The minimum absolute atomic E-state index is 1.09. The van der Waals surface area contributed by atoms with E-state index >= 15 is 0 Å². The lowest BCUT2D eigenvalue weighted by Gasteiger charge is -1.82. The molecule has 1 rings (SSSR count). The van der Waals surface area contributed by atoms with Crippen molar-refractivity contribution in [3.05, 3.63) is 85.5 Å². The molecule has 0 unspecified atom stereocenters. The molecule has 0 aromatic heterocycles. The SMILES string of the molecule is C=C.C=C(C)/C=C\C=C/C.Cc1ccccc1. The van der Waals surface area contributed by atoms with Crippen molar-refractivity contribution in [2.75, 3.05) is 0 Å². The highest BCUT2D eigenvalue weighted by molar-refractivity contribution is 5.16. The minimum Gasteiger partial charge on any atom is -0.106 e. The molecular weight excluding hydrogens is 204 g/mol. The Balaban J connectivity index is 0. The summed E-state index contributed by atoms with van der Waals surface area (Å²) >= 11 is 0. The molecule has 1 aromatic rings. The second-order valence-corrected chi connectivity index (χ2v) is 3.39. The summed E-state index contributed by atoms with van der Waals surface area (Å²) in [7, 11) is 0. The third-order valence-electron chi connectivity index (χ3n) is 1.62. The Hall–Kier alpha value is -1.82. The number of rotatable bonds is 2. The summed E-state index contributed by atoms with van der Waals surface area (Å²) in [5.41, 5.74) is 2.41. The molecule has 0 nitrogen and oxygen atoms in total. The largest absolute Gasteiger partial charge is 0.106 e. The van der Waals surface area contributed by atoms with E-state index in [1.807, 2.05) is 56.4 Å². The standard InChI is InChI=1S/C8H12.C7H8.C2H4/c1-4-5-6-7-8(2)3;1-7-5-3-2-4-6-7;1-2/h4-7H,2H2,1,3H3;2-6H,1H3;1-2H2/b5-4-,7-6-;;. The molecule has 1 aromatic carbocycles. The summed E-state index contributed by atoms with van der Waals surface area (Å²) in [5.74, 6) is 0. The maximum absolute atomic E-state index is 3.71. The van der Waals surface area contributed by atoms with E-state index in [2.05, 4.69) is 38.8 Å². The van der Waals surface area contributed by atoms with Crippen LogP contribution in [0, 0.1) is 6.92 Å². The fourth-order valence-corrected chi connectivity index (χ4v) is 0.865. The molecule has 17 heavy (non-hydrogen) atoms. The Kier molecular flexibility index (Phi) is 14.7. The average molecular weight is 228 g/mol. The molecule has 0 atom stereocenters. The molecule has 0 amide bonds. The fraction of sp³-hybridized carbons (Fsp3) is 0.176. The first kappa shape index (κ1) is 17.6. The van der Waals surface area contributed by atoms with E-state index in [-0.39, 0.29) is 0 Å². The van der Waals surface area contributed by atoms with Crippen LogP contribution in [0.15, 0.2) is 79.9 Å². The summed E-state index contributed by atoms with van der Waals surface area (Å²) in [5, 5.41) is 0. The predicted octanol–water partition coefficient (Wildman–Crippen LogP) is 5.49. The smallest absolute Gasteiger partial charge is 0.0398 e. The average Bonchev–Trinajstić information content (AvgIpc) is 2.33. The summed E-state index contributed by atoms with van der Waals surface area (Å²) in [4.78, 5) is 0. The van der Waals surface area contributed by atoms with Crippen LogP contribution in [-0.2, 0) is 0 Å². The fourth-order valence-electron chi connectivity index (χ4n) is 0.865. The van der Waals surface area contributed by atoms with Crippen molar-refractivity contribution in [3.8, 4) is 0 Å². The van der Waals surface area contributed by atoms with Crippen LogP contribution in [-0.4, -0.2) is 0 Å². The van der Waals surface area contributed by atoms with E-state index < -0.39 is 0 Å². The highest BCUT2D eigenvalue weighted by atomic mass is 13.8. The first-order valence-corrected chi connectivity index (χ1v) is 5.63. The molecule has 0 radical (unpaired) electrons. The lowest BCUT2D eigenvalue weighted by atomic mass is 10.2. The lowest BCUT2D eigenvalue weighted by Crippen LogP contribution is -1.62. The van der Waals surface area contributed by atoms with Gasteiger partial charge in [-0.15, -0.1) is 13.2 Å². The van der Waals surface area contributed by atoms with E-state index in [0.29, 0.717) is 0 Å².